The molecular formula is C14H29N. The largest absolute Gasteiger partial charge is 0.317 e. The summed E-state index contributed by atoms with van der Waals surface area (Å²) in [7, 11) is 0. The Morgan fingerprint density at radius 2 is 1.80 bits per heavy atom. The summed E-state index contributed by atoms with van der Waals surface area (Å²) in [6, 6.07) is 0. The van der Waals surface area contributed by atoms with Crippen LogP contribution in [0.1, 0.15) is 65.7 Å². The van der Waals surface area contributed by atoms with Crippen LogP contribution in [-0.2, 0) is 0 Å². The average molecular weight is 211 g/mol. The molecule has 0 aliphatic rings. The average Bonchev–Trinajstić information content (AvgIpc) is 2.24. The molecule has 0 aromatic heterocycles. The van der Waals surface area contributed by atoms with Crippen molar-refractivity contribution in [2.24, 2.45) is 0 Å². The predicted octanol–water partition coefficient (Wildman–Crippen LogP) is 4.29. The van der Waals surface area contributed by atoms with Gasteiger partial charge in [-0.15, -0.1) is 0 Å². The molecule has 0 fully saturated rings. The van der Waals surface area contributed by atoms with Crippen LogP contribution in [0.5, 0.6) is 0 Å². The molecule has 0 bridgehead atoms. The first-order chi connectivity index (χ1) is 7.31. The van der Waals surface area contributed by atoms with E-state index in [9.17, 15) is 0 Å². The molecule has 0 rings (SSSR count). The van der Waals surface area contributed by atoms with E-state index < -0.39 is 0 Å². The molecule has 1 nitrogen and oxygen atoms in total. The van der Waals surface area contributed by atoms with Crippen molar-refractivity contribution in [2.75, 3.05) is 13.1 Å². The predicted molar refractivity (Wildman–Crippen MR) is 70.3 cm³/mol. The topological polar surface area (TPSA) is 12.0 Å². The highest BCUT2D eigenvalue weighted by Gasteiger charge is 1.91. The van der Waals surface area contributed by atoms with Gasteiger partial charge in [0.05, 0.1) is 0 Å². The molecule has 0 aromatic carbocycles. The van der Waals surface area contributed by atoms with Crippen LogP contribution < -0.4 is 5.32 Å². The van der Waals surface area contributed by atoms with Gasteiger partial charge in [-0.3, -0.25) is 0 Å². The maximum absolute atomic E-state index is 3.34. The van der Waals surface area contributed by atoms with Gasteiger partial charge in [0.25, 0.3) is 0 Å². The molecule has 0 spiro atoms. The quantitative estimate of drug-likeness (QED) is 0.420. The summed E-state index contributed by atoms with van der Waals surface area (Å²) >= 11 is 0. The van der Waals surface area contributed by atoms with Gasteiger partial charge in [0.2, 0.25) is 0 Å². The van der Waals surface area contributed by atoms with E-state index in [1.54, 1.807) is 5.57 Å². The third kappa shape index (κ3) is 11.6. The van der Waals surface area contributed by atoms with Crippen molar-refractivity contribution in [3.05, 3.63) is 11.6 Å². The van der Waals surface area contributed by atoms with E-state index >= 15 is 0 Å². The molecule has 1 N–H and O–H groups in total. The molecule has 1 heteroatoms. The van der Waals surface area contributed by atoms with E-state index in [4.69, 9.17) is 0 Å². The van der Waals surface area contributed by atoms with E-state index in [2.05, 4.69) is 32.2 Å². The smallest absolute Gasteiger partial charge is 0.00143 e. The molecule has 0 heterocycles. The van der Waals surface area contributed by atoms with Crippen molar-refractivity contribution in [3.63, 3.8) is 0 Å². The lowest BCUT2D eigenvalue weighted by Crippen LogP contribution is -2.13. The van der Waals surface area contributed by atoms with E-state index in [1.807, 2.05) is 0 Å². The maximum atomic E-state index is 3.34. The van der Waals surface area contributed by atoms with Crippen LogP contribution >= 0.6 is 0 Å². The molecule has 0 saturated carbocycles. The van der Waals surface area contributed by atoms with Crippen LogP contribution in [0.3, 0.4) is 0 Å². The number of allylic oxidation sites excluding steroid dienone is 1. The molecule has 90 valence electrons. The third-order valence-electron chi connectivity index (χ3n) is 2.74. The van der Waals surface area contributed by atoms with Gasteiger partial charge in [-0.2, -0.15) is 0 Å². The second-order valence-corrected chi connectivity index (χ2v) is 4.36. The summed E-state index contributed by atoms with van der Waals surface area (Å²) in [5.74, 6) is 0. The fourth-order valence-corrected chi connectivity index (χ4v) is 1.71. The van der Waals surface area contributed by atoms with Crippen molar-refractivity contribution >= 4 is 0 Å². The number of unbranched alkanes of at least 4 members (excludes halogenated alkanes) is 4. The Kier molecular flexibility index (Phi) is 11.5. The van der Waals surface area contributed by atoms with Gasteiger partial charge >= 0.3 is 0 Å². The van der Waals surface area contributed by atoms with E-state index in [0.717, 1.165) is 13.1 Å². The molecule has 0 saturated heterocycles. The first kappa shape index (κ1) is 14.7. The molecule has 0 aliphatic carbocycles. The summed E-state index contributed by atoms with van der Waals surface area (Å²) in [5.41, 5.74) is 1.57. The zero-order chi connectivity index (χ0) is 11.4. The first-order valence-corrected chi connectivity index (χ1v) is 6.67. The normalized spacial score (nSPS) is 12.1. The Balaban J connectivity index is 3.26. The summed E-state index contributed by atoms with van der Waals surface area (Å²) in [4.78, 5) is 0. The van der Waals surface area contributed by atoms with Crippen LogP contribution in [0, 0.1) is 0 Å². The lowest BCUT2D eigenvalue weighted by atomic mass is 10.1. The van der Waals surface area contributed by atoms with Crippen LogP contribution in [0.15, 0.2) is 11.6 Å². The summed E-state index contributed by atoms with van der Waals surface area (Å²) < 4.78 is 0. The van der Waals surface area contributed by atoms with Gasteiger partial charge in [0, 0.05) is 0 Å². The molecule has 0 aromatic rings. The number of nitrogens with one attached hydrogen (secondary N) is 1. The summed E-state index contributed by atoms with van der Waals surface area (Å²) in [5, 5.41) is 3.34. The van der Waals surface area contributed by atoms with Gasteiger partial charge in [0.1, 0.15) is 0 Å². The minimum absolute atomic E-state index is 1.09. The SMILES string of the molecule is CCCCCCCC(C)=CCCNCC. The van der Waals surface area contributed by atoms with E-state index in [0.29, 0.717) is 0 Å². The Hall–Kier alpha value is -0.300. The van der Waals surface area contributed by atoms with Gasteiger partial charge < -0.3 is 5.32 Å². The van der Waals surface area contributed by atoms with Gasteiger partial charge in [-0.1, -0.05) is 51.2 Å². The van der Waals surface area contributed by atoms with Crippen molar-refractivity contribution in [2.45, 2.75) is 65.7 Å². The molecule has 0 aliphatic heterocycles. The Morgan fingerprint density at radius 3 is 2.47 bits per heavy atom. The fraction of sp³-hybridized carbons (Fsp3) is 0.857. The molecule has 0 unspecified atom stereocenters. The van der Waals surface area contributed by atoms with Crippen LogP contribution in [0.2, 0.25) is 0 Å². The lowest BCUT2D eigenvalue weighted by molar-refractivity contribution is 0.629. The standard InChI is InChI=1S/C14H29N/c1-4-6-7-8-9-11-14(3)12-10-13-15-5-2/h12,15H,4-11,13H2,1-3H3. The molecule has 0 atom stereocenters. The van der Waals surface area contributed by atoms with Crippen LogP contribution in [-0.4, -0.2) is 13.1 Å². The van der Waals surface area contributed by atoms with Crippen LogP contribution in [0.25, 0.3) is 0 Å². The van der Waals surface area contributed by atoms with Crippen molar-refractivity contribution in [1.82, 2.24) is 5.32 Å². The number of rotatable bonds is 10. The highest BCUT2D eigenvalue weighted by molar-refractivity contribution is 4.97. The first-order valence-electron chi connectivity index (χ1n) is 6.67. The van der Waals surface area contributed by atoms with Gasteiger partial charge in [-0.25, -0.2) is 0 Å². The zero-order valence-electron chi connectivity index (χ0n) is 10.9. The minimum Gasteiger partial charge on any atom is -0.317 e. The summed E-state index contributed by atoms with van der Waals surface area (Å²) in [6.07, 6.45) is 11.8. The second-order valence-electron chi connectivity index (χ2n) is 4.36. The second kappa shape index (κ2) is 11.8. The monoisotopic (exact) mass is 211 g/mol. The molecule has 0 amide bonds. The molecule has 15 heavy (non-hydrogen) atoms. The van der Waals surface area contributed by atoms with Crippen molar-refractivity contribution in [1.29, 1.82) is 0 Å². The Morgan fingerprint density at radius 1 is 1.07 bits per heavy atom. The fourth-order valence-electron chi connectivity index (χ4n) is 1.71. The van der Waals surface area contributed by atoms with E-state index in [1.165, 1.54) is 44.9 Å². The number of hydrogen-bond acceptors (Lipinski definition) is 1. The third-order valence-corrected chi connectivity index (χ3v) is 2.74. The molecule has 0 radical (unpaired) electrons. The zero-order valence-corrected chi connectivity index (χ0v) is 10.9. The Bertz CT molecular complexity index is 149. The Labute approximate surface area is 96.3 Å². The number of hydrogen-bond donors (Lipinski definition) is 1. The minimum atomic E-state index is 1.09. The van der Waals surface area contributed by atoms with Gasteiger partial charge in [-0.05, 0) is 39.3 Å². The summed E-state index contributed by atoms with van der Waals surface area (Å²) in [6.45, 7) is 8.91. The highest BCUT2D eigenvalue weighted by Crippen LogP contribution is 2.10. The van der Waals surface area contributed by atoms with E-state index in [-0.39, 0.29) is 0 Å². The maximum Gasteiger partial charge on any atom is -0.00143 e. The lowest BCUT2D eigenvalue weighted by Gasteiger charge is -2.02. The van der Waals surface area contributed by atoms with Crippen LogP contribution in [0.4, 0.5) is 0 Å². The highest BCUT2D eigenvalue weighted by atomic mass is 14.8. The molecular weight excluding hydrogens is 182 g/mol. The van der Waals surface area contributed by atoms with Crippen molar-refractivity contribution in [3.8, 4) is 0 Å². The van der Waals surface area contributed by atoms with Crippen molar-refractivity contribution < 1.29 is 0 Å². The van der Waals surface area contributed by atoms with Gasteiger partial charge in [0.15, 0.2) is 0 Å².